The first kappa shape index (κ1) is 15.9. The second-order valence-electron chi connectivity index (χ2n) is 6.10. The Labute approximate surface area is 103 Å². The highest BCUT2D eigenvalue weighted by molar-refractivity contribution is 5.84. The van der Waals surface area contributed by atoms with Crippen molar-refractivity contribution in [2.24, 2.45) is 16.6 Å². The predicted octanol–water partition coefficient (Wildman–Crippen LogP) is 0.977. The van der Waals surface area contributed by atoms with E-state index >= 15 is 0 Å². The van der Waals surface area contributed by atoms with Gasteiger partial charge in [-0.2, -0.15) is 0 Å². The number of rotatable bonds is 5. The minimum absolute atomic E-state index is 0.211. The van der Waals surface area contributed by atoms with Crippen molar-refractivity contribution in [3.8, 4) is 0 Å². The van der Waals surface area contributed by atoms with Gasteiger partial charge in [-0.1, -0.05) is 0 Å². The Morgan fingerprint density at radius 1 is 1.12 bits per heavy atom. The Kier molecular flexibility index (Phi) is 4.34. The summed E-state index contributed by atoms with van der Waals surface area (Å²) >= 11 is 0. The van der Waals surface area contributed by atoms with Crippen LogP contribution in [-0.4, -0.2) is 29.1 Å². The number of carboxylic acids is 1. The molecule has 1 amide bonds. The molecule has 0 saturated carbocycles. The maximum absolute atomic E-state index is 12.0. The van der Waals surface area contributed by atoms with Gasteiger partial charge >= 0.3 is 5.97 Å². The van der Waals surface area contributed by atoms with Crippen molar-refractivity contribution < 1.29 is 14.7 Å². The molecule has 0 radical (unpaired) electrons. The number of aliphatic carboxylic acids is 1. The van der Waals surface area contributed by atoms with E-state index in [1.54, 1.807) is 41.5 Å². The lowest BCUT2D eigenvalue weighted by Gasteiger charge is -2.40. The third-order valence-corrected chi connectivity index (χ3v) is 3.65. The van der Waals surface area contributed by atoms with Gasteiger partial charge in [0.15, 0.2) is 0 Å². The van der Waals surface area contributed by atoms with Crippen LogP contribution in [0.2, 0.25) is 0 Å². The normalized spacial score (nSPS) is 13.4. The zero-order valence-corrected chi connectivity index (χ0v) is 11.5. The van der Waals surface area contributed by atoms with Gasteiger partial charge in [-0.15, -0.1) is 0 Å². The van der Waals surface area contributed by atoms with Crippen LogP contribution in [0.1, 0.15) is 41.5 Å². The standard InChI is InChI=1S/C12H24N2O3/c1-10(2,7-13)8(15)14-12(5,6)11(3,4)9(16)17/h7,13H2,1-6H3,(H,14,15)(H,16,17). The van der Waals surface area contributed by atoms with Crippen LogP contribution in [0.4, 0.5) is 0 Å². The van der Waals surface area contributed by atoms with Crippen LogP contribution in [0.15, 0.2) is 0 Å². The Hall–Kier alpha value is -1.10. The molecule has 0 heterocycles. The fourth-order valence-electron chi connectivity index (χ4n) is 0.969. The fourth-order valence-corrected chi connectivity index (χ4v) is 0.969. The molecule has 0 rings (SSSR count). The first-order chi connectivity index (χ1) is 7.38. The van der Waals surface area contributed by atoms with E-state index in [4.69, 9.17) is 5.73 Å². The largest absolute Gasteiger partial charge is 0.481 e. The third kappa shape index (κ3) is 3.19. The molecule has 0 aromatic rings. The van der Waals surface area contributed by atoms with E-state index in [1.165, 1.54) is 0 Å². The van der Waals surface area contributed by atoms with Gasteiger partial charge in [0, 0.05) is 12.1 Å². The average Bonchev–Trinajstić information content (AvgIpc) is 2.16. The minimum Gasteiger partial charge on any atom is -0.481 e. The van der Waals surface area contributed by atoms with Crippen LogP contribution in [0, 0.1) is 10.8 Å². The molecule has 5 heteroatoms. The van der Waals surface area contributed by atoms with E-state index in [1.807, 2.05) is 0 Å². The summed E-state index contributed by atoms with van der Waals surface area (Å²) < 4.78 is 0. The second-order valence-corrected chi connectivity index (χ2v) is 6.10. The molecule has 0 saturated heterocycles. The van der Waals surface area contributed by atoms with Crippen molar-refractivity contribution in [1.82, 2.24) is 5.32 Å². The molecular weight excluding hydrogens is 220 g/mol. The summed E-state index contributed by atoms with van der Waals surface area (Å²) in [5, 5.41) is 11.9. The maximum atomic E-state index is 12.0. The van der Waals surface area contributed by atoms with Gasteiger partial charge in [-0.3, -0.25) is 9.59 Å². The molecule has 0 fully saturated rings. The Morgan fingerprint density at radius 2 is 1.53 bits per heavy atom. The van der Waals surface area contributed by atoms with E-state index < -0.39 is 22.3 Å². The Bertz CT molecular complexity index is 320. The summed E-state index contributed by atoms with van der Waals surface area (Å²) in [4.78, 5) is 23.2. The lowest BCUT2D eigenvalue weighted by molar-refractivity contribution is -0.152. The number of carbonyl (C=O) groups excluding carboxylic acids is 1. The zero-order valence-electron chi connectivity index (χ0n) is 11.5. The van der Waals surface area contributed by atoms with Gasteiger partial charge in [0.2, 0.25) is 5.91 Å². The van der Waals surface area contributed by atoms with Crippen LogP contribution in [-0.2, 0) is 9.59 Å². The number of nitrogens with one attached hydrogen (secondary N) is 1. The summed E-state index contributed by atoms with van der Waals surface area (Å²) in [6, 6.07) is 0. The summed E-state index contributed by atoms with van der Waals surface area (Å²) in [6.07, 6.45) is 0. The number of hydrogen-bond acceptors (Lipinski definition) is 3. The van der Waals surface area contributed by atoms with Crippen molar-refractivity contribution in [1.29, 1.82) is 0 Å². The quantitative estimate of drug-likeness (QED) is 0.672. The molecule has 5 nitrogen and oxygen atoms in total. The molecule has 0 spiro atoms. The lowest BCUT2D eigenvalue weighted by Crippen LogP contribution is -2.60. The third-order valence-electron chi connectivity index (χ3n) is 3.65. The monoisotopic (exact) mass is 244 g/mol. The summed E-state index contributed by atoms with van der Waals surface area (Å²) in [6.45, 7) is 10.2. The summed E-state index contributed by atoms with van der Waals surface area (Å²) in [5.41, 5.74) is 2.89. The highest BCUT2D eigenvalue weighted by Crippen LogP contribution is 2.31. The molecule has 0 bridgehead atoms. The van der Waals surface area contributed by atoms with Crippen LogP contribution < -0.4 is 11.1 Å². The van der Waals surface area contributed by atoms with E-state index in [9.17, 15) is 14.7 Å². The molecule has 0 aliphatic carbocycles. The molecule has 17 heavy (non-hydrogen) atoms. The first-order valence-corrected chi connectivity index (χ1v) is 5.64. The van der Waals surface area contributed by atoms with Crippen molar-refractivity contribution in [3.05, 3.63) is 0 Å². The first-order valence-electron chi connectivity index (χ1n) is 5.64. The van der Waals surface area contributed by atoms with Crippen LogP contribution in [0.3, 0.4) is 0 Å². The van der Waals surface area contributed by atoms with E-state index in [0.29, 0.717) is 0 Å². The van der Waals surface area contributed by atoms with E-state index in [2.05, 4.69) is 5.32 Å². The molecular formula is C12H24N2O3. The Morgan fingerprint density at radius 3 is 1.82 bits per heavy atom. The van der Waals surface area contributed by atoms with E-state index in [-0.39, 0.29) is 12.5 Å². The van der Waals surface area contributed by atoms with Crippen molar-refractivity contribution in [2.75, 3.05) is 6.54 Å². The summed E-state index contributed by atoms with van der Waals surface area (Å²) in [5.74, 6) is -1.19. The Balaban J connectivity index is 5.02. The van der Waals surface area contributed by atoms with Crippen LogP contribution in [0.25, 0.3) is 0 Å². The molecule has 0 aromatic heterocycles. The van der Waals surface area contributed by atoms with Gasteiger partial charge in [0.05, 0.1) is 10.8 Å². The SMILES string of the molecule is CC(C)(CN)C(=O)NC(C)(C)C(C)(C)C(=O)O. The van der Waals surface area contributed by atoms with Crippen molar-refractivity contribution in [2.45, 2.75) is 47.1 Å². The van der Waals surface area contributed by atoms with E-state index in [0.717, 1.165) is 0 Å². The number of hydrogen-bond donors (Lipinski definition) is 3. The van der Waals surface area contributed by atoms with Crippen molar-refractivity contribution >= 4 is 11.9 Å². The molecule has 0 unspecified atom stereocenters. The number of carbonyl (C=O) groups is 2. The smallest absolute Gasteiger partial charge is 0.311 e. The van der Waals surface area contributed by atoms with Gasteiger partial charge in [-0.25, -0.2) is 0 Å². The van der Waals surface area contributed by atoms with Gasteiger partial charge < -0.3 is 16.2 Å². The van der Waals surface area contributed by atoms with Crippen molar-refractivity contribution in [3.63, 3.8) is 0 Å². The maximum Gasteiger partial charge on any atom is 0.311 e. The van der Waals surface area contributed by atoms with Crippen LogP contribution >= 0.6 is 0 Å². The molecule has 4 N–H and O–H groups in total. The highest BCUT2D eigenvalue weighted by Gasteiger charge is 2.45. The van der Waals surface area contributed by atoms with Crippen LogP contribution in [0.5, 0.6) is 0 Å². The molecule has 0 aliphatic rings. The average molecular weight is 244 g/mol. The fraction of sp³-hybridized carbons (Fsp3) is 0.833. The lowest BCUT2D eigenvalue weighted by atomic mass is 9.74. The van der Waals surface area contributed by atoms with Gasteiger partial charge in [0.25, 0.3) is 0 Å². The molecule has 100 valence electrons. The second kappa shape index (κ2) is 4.64. The summed E-state index contributed by atoms with van der Waals surface area (Å²) in [7, 11) is 0. The topological polar surface area (TPSA) is 92.4 Å². The molecule has 0 aromatic carbocycles. The zero-order chi connectivity index (χ0) is 14.1. The number of nitrogens with two attached hydrogens (primary N) is 1. The number of amides is 1. The van der Waals surface area contributed by atoms with Gasteiger partial charge in [0.1, 0.15) is 0 Å². The molecule has 0 atom stereocenters. The highest BCUT2D eigenvalue weighted by atomic mass is 16.4. The minimum atomic E-state index is -1.06. The predicted molar refractivity (Wildman–Crippen MR) is 66.5 cm³/mol. The number of carboxylic acid groups (broad SMARTS) is 1. The van der Waals surface area contributed by atoms with Gasteiger partial charge in [-0.05, 0) is 41.5 Å². The molecule has 0 aliphatic heterocycles.